The maximum Gasteiger partial charge on any atom is 0.142 e. The molecule has 0 aromatic heterocycles. The first-order valence-corrected chi connectivity index (χ1v) is 5.99. The molecule has 1 heterocycles. The summed E-state index contributed by atoms with van der Waals surface area (Å²) in [6.45, 7) is 5.02. The van der Waals surface area contributed by atoms with Crippen LogP contribution in [0.1, 0.15) is 19.4 Å². The Morgan fingerprint density at radius 3 is 2.76 bits per heavy atom. The van der Waals surface area contributed by atoms with E-state index in [0.29, 0.717) is 6.42 Å². The van der Waals surface area contributed by atoms with Gasteiger partial charge in [0.05, 0.1) is 5.02 Å². The molecule has 0 saturated carbocycles. The molecule has 0 amide bonds. The van der Waals surface area contributed by atoms with Gasteiger partial charge in [-0.15, -0.1) is 0 Å². The fourth-order valence-electron chi connectivity index (χ4n) is 1.95. The van der Waals surface area contributed by atoms with Crippen LogP contribution in [0.2, 0.25) is 5.02 Å². The highest BCUT2D eigenvalue weighted by atomic mass is 35.5. The van der Waals surface area contributed by atoms with Crippen molar-refractivity contribution in [1.29, 1.82) is 0 Å². The predicted molar refractivity (Wildman–Crippen MR) is 69.6 cm³/mol. The van der Waals surface area contributed by atoms with Gasteiger partial charge in [-0.3, -0.25) is 0 Å². The molecule has 0 saturated heterocycles. The van der Waals surface area contributed by atoms with E-state index in [4.69, 9.17) is 11.6 Å². The van der Waals surface area contributed by atoms with E-state index in [9.17, 15) is 4.39 Å². The molecule has 1 aliphatic heterocycles. The number of hydrogen-bond donors (Lipinski definition) is 1. The molecule has 2 rings (SSSR count). The highest BCUT2D eigenvalue weighted by molar-refractivity contribution is 6.30. The van der Waals surface area contributed by atoms with Gasteiger partial charge in [0.25, 0.3) is 0 Å². The van der Waals surface area contributed by atoms with E-state index in [1.54, 1.807) is 6.07 Å². The van der Waals surface area contributed by atoms with Gasteiger partial charge < -0.3 is 5.32 Å². The van der Waals surface area contributed by atoms with Crippen LogP contribution in [-0.2, 0) is 6.42 Å². The molecule has 0 unspecified atom stereocenters. The van der Waals surface area contributed by atoms with Crippen LogP contribution in [0.4, 0.5) is 4.39 Å². The number of allylic oxidation sites excluding steroid dienone is 3. The van der Waals surface area contributed by atoms with Crippen LogP contribution >= 0.6 is 11.6 Å². The summed E-state index contributed by atoms with van der Waals surface area (Å²) in [6, 6.07) is 4.96. The molecular formula is C14H15ClFN. The van der Waals surface area contributed by atoms with Crippen LogP contribution in [0.5, 0.6) is 0 Å². The van der Waals surface area contributed by atoms with Gasteiger partial charge in [0, 0.05) is 18.7 Å². The Kier molecular flexibility index (Phi) is 3.53. The second kappa shape index (κ2) is 4.92. The smallest absolute Gasteiger partial charge is 0.142 e. The van der Waals surface area contributed by atoms with E-state index in [0.717, 1.165) is 17.8 Å². The van der Waals surface area contributed by atoms with Gasteiger partial charge in [-0.05, 0) is 37.1 Å². The van der Waals surface area contributed by atoms with Crippen LogP contribution in [0.15, 0.2) is 41.1 Å². The standard InChI is InChI=1S/C14H15ClFN/c1-9-5-10(2)14(17-8-9)7-11-3-4-12(15)13(16)6-11/h3-6,17H,7-8H2,1-2H3. The monoisotopic (exact) mass is 251 g/mol. The Morgan fingerprint density at radius 2 is 2.12 bits per heavy atom. The molecule has 1 aromatic rings. The molecule has 0 radical (unpaired) electrons. The SMILES string of the molecule is CC1=CC(C)=C(Cc2ccc(Cl)c(F)c2)NC1. The van der Waals surface area contributed by atoms with Gasteiger partial charge in [0.15, 0.2) is 0 Å². The average Bonchev–Trinajstić information content (AvgIpc) is 2.27. The van der Waals surface area contributed by atoms with Crippen molar-refractivity contribution < 1.29 is 4.39 Å². The highest BCUT2D eigenvalue weighted by Gasteiger charge is 2.09. The van der Waals surface area contributed by atoms with E-state index in [1.165, 1.54) is 17.2 Å². The van der Waals surface area contributed by atoms with Gasteiger partial charge in [0.1, 0.15) is 5.82 Å². The first-order valence-electron chi connectivity index (χ1n) is 5.61. The molecule has 0 atom stereocenters. The highest BCUT2D eigenvalue weighted by Crippen LogP contribution is 2.20. The van der Waals surface area contributed by atoms with Crippen molar-refractivity contribution in [3.05, 3.63) is 57.5 Å². The minimum atomic E-state index is -0.357. The van der Waals surface area contributed by atoms with E-state index < -0.39 is 0 Å². The summed E-state index contributed by atoms with van der Waals surface area (Å²) in [6.07, 6.45) is 2.88. The molecule has 0 aliphatic carbocycles. The molecule has 1 nitrogen and oxygen atoms in total. The van der Waals surface area contributed by atoms with E-state index in [2.05, 4.69) is 25.2 Å². The maximum absolute atomic E-state index is 13.3. The van der Waals surface area contributed by atoms with Crippen LogP contribution in [0.25, 0.3) is 0 Å². The zero-order chi connectivity index (χ0) is 12.4. The molecule has 1 aromatic carbocycles. The second-order valence-corrected chi connectivity index (χ2v) is 4.84. The molecule has 1 aliphatic rings. The van der Waals surface area contributed by atoms with Crippen LogP contribution in [-0.4, -0.2) is 6.54 Å². The Bertz CT molecular complexity index is 503. The predicted octanol–water partition coefficient (Wildman–Crippen LogP) is 3.85. The summed E-state index contributed by atoms with van der Waals surface area (Å²) >= 11 is 5.66. The lowest BCUT2D eigenvalue weighted by Crippen LogP contribution is -2.22. The molecule has 3 heteroatoms. The summed E-state index contributed by atoms with van der Waals surface area (Å²) in [5, 5.41) is 3.53. The summed E-state index contributed by atoms with van der Waals surface area (Å²) in [7, 11) is 0. The first-order chi connectivity index (χ1) is 8.06. The van der Waals surface area contributed by atoms with Gasteiger partial charge in [0.2, 0.25) is 0 Å². The van der Waals surface area contributed by atoms with Gasteiger partial charge in [-0.25, -0.2) is 4.39 Å². The lowest BCUT2D eigenvalue weighted by Gasteiger charge is -2.19. The quantitative estimate of drug-likeness (QED) is 0.842. The van der Waals surface area contributed by atoms with Crippen LogP contribution in [0.3, 0.4) is 0 Å². The lowest BCUT2D eigenvalue weighted by atomic mass is 10.0. The molecule has 0 bridgehead atoms. The number of dihydropyridines is 1. The zero-order valence-corrected chi connectivity index (χ0v) is 10.7. The second-order valence-electron chi connectivity index (χ2n) is 4.43. The summed E-state index contributed by atoms with van der Waals surface area (Å²) in [5.74, 6) is -0.357. The largest absolute Gasteiger partial charge is 0.384 e. The third-order valence-electron chi connectivity index (χ3n) is 2.88. The minimum Gasteiger partial charge on any atom is -0.384 e. The molecule has 0 spiro atoms. The molecule has 90 valence electrons. The van der Waals surface area contributed by atoms with E-state index in [1.807, 2.05) is 6.07 Å². The van der Waals surface area contributed by atoms with Crippen molar-refractivity contribution in [2.75, 3.05) is 6.54 Å². The lowest BCUT2D eigenvalue weighted by molar-refractivity contribution is 0.626. The van der Waals surface area contributed by atoms with Crippen molar-refractivity contribution >= 4 is 11.6 Å². The number of rotatable bonds is 2. The van der Waals surface area contributed by atoms with Crippen molar-refractivity contribution in [3.63, 3.8) is 0 Å². The van der Waals surface area contributed by atoms with Crippen LogP contribution in [0, 0.1) is 5.82 Å². The summed E-state index contributed by atoms with van der Waals surface area (Å²) in [4.78, 5) is 0. The number of benzene rings is 1. The summed E-state index contributed by atoms with van der Waals surface area (Å²) in [5.41, 5.74) is 4.61. The van der Waals surface area contributed by atoms with Crippen molar-refractivity contribution in [2.24, 2.45) is 0 Å². The van der Waals surface area contributed by atoms with E-state index >= 15 is 0 Å². The fraction of sp³-hybridized carbons (Fsp3) is 0.286. The molecule has 1 N–H and O–H groups in total. The topological polar surface area (TPSA) is 12.0 Å². The summed E-state index contributed by atoms with van der Waals surface area (Å²) < 4.78 is 13.3. The Hall–Kier alpha value is -1.28. The van der Waals surface area contributed by atoms with Crippen LogP contribution < -0.4 is 5.32 Å². The first kappa shape index (κ1) is 12.2. The fourth-order valence-corrected chi connectivity index (χ4v) is 2.07. The van der Waals surface area contributed by atoms with Gasteiger partial charge in [-0.2, -0.15) is 0 Å². The zero-order valence-electron chi connectivity index (χ0n) is 9.98. The van der Waals surface area contributed by atoms with Crippen molar-refractivity contribution in [2.45, 2.75) is 20.3 Å². The number of nitrogens with one attached hydrogen (secondary N) is 1. The Labute approximate surface area is 106 Å². The van der Waals surface area contributed by atoms with Crippen molar-refractivity contribution in [3.8, 4) is 0 Å². The third-order valence-corrected chi connectivity index (χ3v) is 3.19. The Balaban J connectivity index is 2.21. The molecule has 17 heavy (non-hydrogen) atoms. The minimum absolute atomic E-state index is 0.173. The van der Waals surface area contributed by atoms with E-state index in [-0.39, 0.29) is 10.8 Å². The van der Waals surface area contributed by atoms with Gasteiger partial charge >= 0.3 is 0 Å². The number of halogens is 2. The molecule has 0 fully saturated rings. The third kappa shape index (κ3) is 2.89. The van der Waals surface area contributed by atoms with Crippen molar-refractivity contribution in [1.82, 2.24) is 5.32 Å². The van der Waals surface area contributed by atoms with Gasteiger partial charge in [-0.1, -0.05) is 29.3 Å². The normalized spacial score (nSPS) is 15.6. The Morgan fingerprint density at radius 1 is 1.35 bits per heavy atom. The average molecular weight is 252 g/mol. The maximum atomic E-state index is 13.3. The number of hydrogen-bond acceptors (Lipinski definition) is 1. The molecular weight excluding hydrogens is 237 g/mol.